The molecule has 0 N–H and O–H groups in total. The summed E-state index contributed by atoms with van der Waals surface area (Å²) < 4.78 is 11.0. The molecule has 140 valence electrons. The molecule has 1 aromatic heterocycles. The van der Waals surface area contributed by atoms with Crippen molar-refractivity contribution in [1.29, 1.82) is 0 Å². The first-order valence-electron chi connectivity index (χ1n) is 8.04. The van der Waals surface area contributed by atoms with Crippen LogP contribution in [0.1, 0.15) is 28.9 Å². The van der Waals surface area contributed by atoms with Crippen LogP contribution in [0.2, 0.25) is 0 Å². The van der Waals surface area contributed by atoms with Crippen LogP contribution in [0.5, 0.6) is 0 Å². The maximum Gasteiger partial charge on any atom is 0.329 e. The van der Waals surface area contributed by atoms with E-state index in [9.17, 15) is 24.5 Å². The lowest BCUT2D eigenvalue weighted by atomic mass is 9.75. The van der Waals surface area contributed by atoms with Gasteiger partial charge in [0.2, 0.25) is 17.5 Å². The predicted molar refractivity (Wildman–Crippen MR) is 93.5 cm³/mol. The SMILES string of the molecule is COC(=O)C1(C(=O)OC)CCC(=O)n2c1c(/C=C/[N+](=O)[O-])c1ccccc12. The third-order valence-electron chi connectivity index (χ3n) is 4.71. The quantitative estimate of drug-likeness (QED) is 0.348. The number of carbonyl (C=O) groups is 3. The minimum Gasteiger partial charge on any atom is -0.468 e. The number of benzene rings is 1. The number of nitro groups is 1. The summed E-state index contributed by atoms with van der Waals surface area (Å²) in [5.41, 5.74) is -1.20. The number of hydrogen-bond acceptors (Lipinski definition) is 7. The van der Waals surface area contributed by atoms with Crippen molar-refractivity contribution in [2.75, 3.05) is 14.2 Å². The molecule has 0 amide bonds. The van der Waals surface area contributed by atoms with E-state index in [1.807, 2.05) is 0 Å². The van der Waals surface area contributed by atoms with E-state index in [0.717, 1.165) is 14.2 Å². The molecule has 9 nitrogen and oxygen atoms in total. The lowest BCUT2D eigenvalue weighted by Gasteiger charge is -2.33. The van der Waals surface area contributed by atoms with E-state index >= 15 is 0 Å². The van der Waals surface area contributed by atoms with Gasteiger partial charge >= 0.3 is 11.9 Å². The number of fused-ring (bicyclic) bond motifs is 3. The van der Waals surface area contributed by atoms with Crippen LogP contribution in [-0.2, 0) is 24.5 Å². The third-order valence-corrected chi connectivity index (χ3v) is 4.71. The van der Waals surface area contributed by atoms with Crippen LogP contribution < -0.4 is 0 Å². The summed E-state index contributed by atoms with van der Waals surface area (Å²) in [5, 5.41) is 11.4. The maximum absolute atomic E-state index is 12.7. The van der Waals surface area contributed by atoms with E-state index in [0.29, 0.717) is 17.1 Å². The first kappa shape index (κ1) is 18.3. The minimum atomic E-state index is -1.90. The Balaban J connectivity index is 2.49. The summed E-state index contributed by atoms with van der Waals surface area (Å²) in [6.07, 6.45) is 1.63. The molecule has 0 saturated carbocycles. The summed E-state index contributed by atoms with van der Waals surface area (Å²) in [6.45, 7) is 0. The van der Waals surface area contributed by atoms with Crippen molar-refractivity contribution >= 4 is 34.8 Å². The zero-order valence-electron chi connectivity index (χ0n) is 14.6. The number of rotatable bonds is 4. The van der Waals surface area contributed by atoms with Gasteiger partial charge in [-0.3, -0.25) is 29.1 Å². The standard InChI is InChI=1S/C18H16N2O7/c1-26-16(22)18(17(23)27-2)9-7-14(21)20-13-6-4-3-5-11(13)12(15(18)20)8-10-19(24)25/h3-6,8,10H,7,9H2,1-2H3/b10-8+. The van der Waals surface area contributed by atoms with Gasteiger partial charge in [0.1, 0.15) is 0 Å². The number of para-hydroxylation sites is 1. The number of ether oxygens (including phenoxy) is 2. The van der Waals surface area contributed by atoms with Crippen molar-refractivity contribution in [1.82, 2.24) is 4.57 Å². The highest BCUT2D eigenvalue weighted by atomic mass is 16.6. The highest BCUT2D eigenvalue weighted by Gasteiger charge is 2.56. The fourth-order valence-electron chi connectivity index (χ4n) is 3.60. The topological polar surface area (TPSA) is 118 Å². The van der Waals surface area contributed by atoms with E-state index in [1.165, 1.54) is 10.6 Å². The van der Waals surface area contributed by atoms with Gasteiger partial charge in [-0.15, -0.1) is 0 Å². The Bertz CT molecular complexity index is 987. The van der Waals surface area contributed by atoms with Gasteiger partial charge in [0.15, 0.2) is 0 Å². The Labute approximate surface area is 153 Å². The third kappa shape index (κ3) is 2.59. The Kier molecular flexibility index (Phi) is 4.52. The van der Waals surface area contributed by atoms with Crippen molar-refractivity contribution in [2.24, 2.45) is 0 Å². The monoisotopic (exact) mass is 372 g/mol. The highest BCUT2D eigenvalue weighted by molar-refractivity contribution is 6.12. The molecule has 0 bridgehead atoms. The number of carbonyl (C=O) groups excluding carboxylic acids is 3. The molecule has 3 rings (SSSR count). The Morgan fingerprint density at radius 1 is 1.22 bits per heavy atom. The molecule has 1 aromatic carbocycles. The Morgan fingerprint density at radius 3 is 2.44 bits per heavy atom. The van der Waals surface area contributed by atoms with Gasteiger partial charge < -0.3 is 9.47 Å². The molecular formula is C18H16N2O7. The molecule has 9 heteroatoms. The molecule has 1 aliphatic heterocycles. The maximum atomic E-state index is 12.7. The molecule has 0 radical (unpaired) electrons. The van der Waals surface area contributed by atoms with Crippen LogP contribution >= 0.6 is 0 Å². The second-order valence-electron chi connectivity index (χ2n) is 6.00. The normalized spacial score (nSPS) is 15.6. The van der Waals surface area contributed by atoms with Gasteiger partial charge in [0, 0.05) is 23.4 Å². The molecular weight excluding hydrogens is 356 g/mol. The second kappa shape index (κ2) is 6.67. The predicted octanol–water partition coefficient (Wildman–Crippen LogP) is 1.91. The van der Waals surface area contributed by atoms with Gasteiger partial charge in [0.25, 0.3) is 0 Å². The van der Waals surface area contributed by atoms with Gasteiger partial charge in [-0.05, 0) is 12.5 Å². The summed E-state index contributed by atoms with van der Waals surface area (Å²) in [5.74, 6) is -2.10. The summed E-state index contributed by atoms with van der Waals surface area (Å²) in [6, 6.07) is 6.69. The van der Waals surface area contributed by atoms with E-state index in [-0.39, 0.29) is 30.0 Å². The fourth-order valence-corrected chi connectivity index (χ4v) is 3.60. The van der Waals surface area contributed by atoms with E-state index in [2.05, 4.69) is 0 Å². The minimum absolute atomic E-state index is 0.0248. The van der Waals surface area contributed by atoms with E-state index < -0.39 is 22.3 Å². The van der Waals surface area contributed by atoms with E-state index in [4.69, 9.17) is 9.47 Å². The Morgan fingerprint density at radius 2 is 1.85 bits per heavy atom. The zero-order chi connectivity index (χ0) is 19.8. The lowest BCUT2D eigenvalue weighted by Crippen LogP contribution is -2.50. The van der Waals surface area contributed by atoms with Gasteiger partial charge in [0.05, 0.1) is 30.4 Å². The fraction of sp³-hybridized carbons (Fsp3) is 0.278. The van der Waals surface area contributed by atoms with Gasteiger partial charge in [-0.2, -0.15) is 0 Å². The molecule has 0 saturated heterocycles. The molecule has 0 aliphatic carbocycles. The van der Waals surface area contributed by atoms with Crippen LogP contribution in [0.3, 0.4) is 0 Å². The molecule has 1 aliphatic rings. The highest BCUT2D eigenvalue weighted by Crippen LogP contribution is 2.43. The number of hydrogen-bond donors (Lipinski definition) is 0. The first-order valence-corrected chi connectivity index (χ1v) is 8.04. The van der Waals surface area contributed by atoms with Gasteiger partial charge in [-0.1, -0.05) is 18.2 Å². The van der Waals surface area contributed by atoms with Crippen molar-refractivity contribution < 1.29 is 28.8 Å². The van der Waals surface area contributed by atoms with Crippen LogP contribution in [0.25, 0.3) is 17.0 Å². The number of esters is 2. The van der Waals surface area contributed by atoms with Crippen molar-refractivity contribution in [2.45, 2.75) is 18.3 Å². The van der Waals surface area contributed by atoms with Gasteiger partial charge in [-0.25, -0.2) is 0 Å². The first-order chi connectivity index (χ1) is 12.9. The number of nitrogens with zero attached hydrogens (tertiary/aromatic N) is 2. The average molecular weight is 372 g/mol. The van der Waals surface area contributed by atoms with Crippen LogP contribution in [0.15, 0.2) is 30.5 Å². The van der Waals surface area contributed by atoms with E-state index in [1.54, 1.807) is 24.3 Å². The van der Waals surface area contributed by atoms with Crippen molar-refractivity contribution in [3.05, 3.63) is 51.8 Å². The largest absolute Gasteiger partial charge is 0.468 e. The summed E-state index contributed by atoms with van der Waals surface area (Å²) >= 11 is 0. The molecule has 2 heterocycles. The second-order valence-corrected chi connectivity index (χ2v) is 6.00. The van der Waals surface area contributed by atoms with Crippen molar-refractivity contribution in [3.8, 4) is 0 Å². The molecule has 2 aromatic rings. The lowest BCUT2D eigenvalue weighted by molar-refractivity contribution is -0.400. The zero-order valence-corrected chi connectivity index (χ0v) is 14.6. The molecule has 0 spiro atoms. The average Bonchev–Trinajstić information content (AvgIpc) is 3.01. The van der Waals surface area contributed by atoms with Crippen molar-refractivity contribution in [3.63, 3.8) is 0 Å². The number of aromatic nitrogens is 1. The summed E-state index contributed by atoms with van der Waals surface area (Å²) in [4.78, 5) is 48.3. The molecule has 0 fully saturated rings. The van der Waals surface area contributed by atoms with Crippen LogP contribution in [0.4, 0.5) is 0 Å². The number of methoxy groups -OCH3 is 2. The molecule has 0 unspecified atom stereocenters. The Hall–Kier alpha value is -3.49. The summed E-state index contributed by atoms with van der Waals surface area (Å²) in [7, 11) is 2.26. The van der Waals surface area contributed by atoms with Crippen LogP contribution in [-0.4, -0.2) is 41.6 Å². The van der Waals surface area contributed by atoms with Crippen LogP contribution in [0, 0.1) is 10.1 Å². The molecule has 0 atom stereocenters. The smallest absolute Gasteiger partial charge is 0.329 e. The molecule has 27 heavy (non-hydrogen) atoms.